The molecule has 4 nitrogen and oxygen atoms in total. The van der Waals surface area contributed by atoms with E-state index in [1.165, 1.54) is 12.5 Å². The molecule has 26 heavy (non-hydrogen) atoms. The smallest absolute Gasteiger partial charge is 0.334 e. The molecule has 0 saturated carbocycles. The normalized spacial score (nSPS) is 28.6. The first kappa shape index (κ1) is 20.2. The standard InChI is InChI=1S/C22H30O4/c1-14(2)21(26-17(5)23)12-11-19-18-10-9-15(3)7-6-8-16(4)20(18)13-25-22(19)24/h7,11,18,20-21H,1,4,6,8-10,12-13H2,2-3,5H3/b15-7+,19-11+/t18-,20+,21?/m1/s1. The van der Waals surface area contributed by atoms with Crippen molar-refractivity contribution in [2.24, 2.45) is 11.8 Å². The van der Waals surface area contributed by atoms with Crippen LogP contribution in [0.3, 0.4) is 0 Å². The molecule has 2 aliphatic rings. The van der Waals surface area contributed by atoms with Crippen LogP contribution in [0.2, 0.25) is 0 Å². The summed E-state index contributed by atoms with van der Waals surface area (Å²) in [5.41, 5.74) is 3.96. The Morgan fingerprint density at radius 2 is 2.12 bits per heavy atom. The predicted octanol–water partition coefficient (Wildman–Crippen LogP) is 4.68. The molecule has 2 rings (SSSR count). The van der Waals surface area contributed by atoms with E-state index in [1.807, 2.05) is 13.0 Å². The van der Waals surface area contributed by atoms with Gasteiger partial charge < -0.3 is 9.47 Å². The second-order valence-electron chi connectivity index (χ2n) is 7.44. The van der Waals surface area contributed by atoms with E-state index >= 15 is 0 Å². The molecule has 0 radical (unpaired) electrons. The molecule has 0 N–H and O–H groups in total. The summed E-state index contributed by atoms with van der Waals surface area (Å²) in [6.45, 7) is 13.9. The zero-order valence-electron chi connectivity index (χ0n) is 16.2. The van der Waals surface area contributed by atoms with Crippen LogP contribution in [0.1, 0.15) is 52.9 Å². The van der Waals surface area contributed by atoms with Gasteiger partial charge in [-0.25, -0.2) is 4.79 Å². The maximum Gasteiger partial charge on any atom is 0.334 e. The van der Waals surface area contributed by atoms with Crippen molar-refractivity contribution < 1.29 is 19.1 Å². The number of hydrogen-bond acceptors (Lipinski definition) is 4. The second kappa shape index (κ2) is 9.02. The SMILES string of the molecule is C=C(C)C(C/C=C1/C(=O)OC[C@H]2C(=C)CC/C=C(\C)CC[C@H]12)OC(C)=O. The Bertz CT molecular complexity index is 653. The van der Waals surface area contributed by atoms with E-state index in [-0.39, 0.29) is 23.8 Å². The molecule has 0 bridgehead atoms. The lowest BCUT2D eigenvalue weighted by Crippen LogP contribution is -2.34. The van der Waals surface area contributed by atoms with Gasteiger partial charge in [0, 0.05) is 30.8 Å². The number of carbonyl (C=O) groups is 2. The largest absolute Gasteiger partial charge is 0.462 e. The van der Waals surface area contributed by atoms with Gasteiger partial charge in [-0.15, -0.1) is 0 Å². The average molecular weight is 358 g/mol. The highest BCUT2D eigenvalue weighted by Crippen LogP contribution is 2.39. The van der Waals surface area contributed by atoms with E-state index in [1.54, 1.807) is 0 Å². The molecule has 0 spiro atoms. The van der Waals surface area contributed by atoms with E-state index in [0.29, 0.717) is 18.6 Å². The van der Waals surface area contributed by atoms with Gasteiger partial charge in [0.1, 0.15) is 6.10 Å². The summed E-state index contributed by atoms with van der Waals surface area (Å²) in [4.78, 5) is 23.8. The fraction of sp³-hybridized carbons (Fsp3) is 0.545. The third-order valence-electron chi connectivity index (χ3n) is 5.26. The average Bonchev–Trinajstić information content (AvgIpc) is 2.62. The molecule has 1 aliphatic heterocycles. The highest BCUT2D eigenvalue weighted by molar-refractivity contribution is 5.90. The third-order valence-corrected chi connectivity index (χ3v) is 5.26. The fourth-order valence-corrected chi connectivity index (χ4v) is 3.69. The highest BCUT2D eigenvalue weighted by atomic mass is 16.5. The molecule has 142 valence electrons. The Labute approximate surface area is 156 Å². The molecule has 0 aromatic heterocycles. The van der Waals surface area contributed by atoms with Crippen LogP contribution < -0.4 is 0 Å². The number of hydrogen-bond donors (Lipinski definition) is 0. The summed E-state index contributed by atoms with van der Waals surface area (Å²) in [6, 6.07) is 0. The fourth-order valence-electron chi connectivity index (χ4n) is 3.69. The minimum absolute atomic E-state index is 0.105. The maximum atomic E-state index is 12.5. The molecule has 1 saturated heterocycles. The number of esters is 2. The summed E-state index contributed by atoms with van der Waals surface area (Å²) in [5, 5.41) is 0. The summed E-state index contributed by atoms with van der Waals surface area (Å²) < 4.78 is 10.8. The van der Waals surface area contributed by atoms with E-state index in [0.717, 1.165) is 36.8 Å². The van der Waals surface area contributed by atoms with Crippen molar-refractivity contribution in [2.45, 2.75) is 59.0 Å². The van der Waals surface area contributed by atoms with Gasteiger partial charge in [0.25, 0.3) is 0 Å². The minimum Gasteiger partial charge on any atom is -0.462 e. The lowest BCUT2D eigenvalue weighted by molar-refractivity contribution is -0.145. The molecule has 4 heteroatoms. The van der Waals surface area contributed by atoms with Crippen LogP contribution >= 0.6 is 0 Å². The predicted molar refractivity (Wildman–Crippen MR) is 102 cm³/mol. The first-order valence-corrected chi connectivity index (χ1v) is 9.32. The van der Waals surface area contributed by atoms with Crippen molar-refractivity contribution in [3.8, 4) is 0 Å². The molecule has 1 heterocycles. The van der Waals surface area contributed by atoms with Crippen molar-refractivity contribution >= 4 is 11.9 Å². The van der Waals surface area contributed by atoms with Crippen LogP contribution in [-0.4, -0.2) is 24.6 Å². The van der Waals surface area contributed by atoms with E-state index in [2.05, 4.69) is 26.2 Å². The van der Waals surface area contributed by atoms with Crippen LogP contribution in [0, 0.1) is 11.8 Å². The third kappa shape index (κ3) is 5.20. The monoisotopic (exact) mass is 358 g/mol. The number of ether oxygens (including phenoxy) is 2. The molecule has 1 aliphatic carbocycles. The Hall–Kier alpha value is -2.10. The summed E-state index contributed by atoms with van der Waals surface area (Å²) >= 11 is 0. The van der Waals surface area contributed by atoms with Crippen LogP contribution in [0.5, 0.6) is 0 Å². The molecule has 1 unspecified atom stereocenters. The van der Waals surface area contributed by atoms with Gasteiger partial charge in [0.15, 0.2) is 0 Å². The van der Waals surface area contributed by atoms with Crippen LogP contribution in [0.15, 0.2) is 47.6 Å². The molecule has 3 atom stereocenters. The molecule has 0 aromatic carbocycles. The zero-order valence-corrected chi connectivity index (χ0v) is 16.2. The molecule has 0 amide bonds. The molecular weight excluding hydrogens is 328 g/mol. The topological polar surface area (TPSA) is 52.6 Å². The van der Waals surface area contributed by atoms with Crippen molar-refractivity contribution in [2.75, 3.05) is 6.61 Å². The van der Waals surface area contributed by atoms with Gasteiger partial charge in [0.2, 0.25) is 0 Å². The van der Waals surface area contributed by atoms with Crippen molar-refractivity contribution in [1.29, 1.82) is 0 Å². The Morgan fingerprint density at radius 3 is 2.77 bits per heavy atom. The zero-order chi connectivity index (χ0) is 19.3. The lowest BCUT2D eigenvalue weighted by atomic mass is 9.76. The molecule has 0 aromatic rings. The van der Waals surface area contributed by atoms with Crippen LogP contribution in [-0.2, 0) is 19.1 Å². The van der Waals surface area contributed by atoms with E-state index < -0.39 is 6.10 Å². The van der Waals surface area contributed by atoms with Gasteiger partial charge in [-0.05, 0) is 45.1 Å². The van der Waals surface area contributed by atoms with E-state index in [4.69, 9.17) is 9.47 Å². The summed E-state index contributed by atoms with van der Waals surface area (Å²) in [5.74, 6) is -0.344. The number of rotatable bonds is 4. The van der Waals surface area contributed by atoms with Gasteiger partial charge in [-0.3, -0.25) is 4.79 Å². The summed E-state index contributed by atoms with van der Waals surface area (Å²) in [7, 11) is 0. The number of carbonyl (C=O) groups excluding carboxylic acids is 2. The molecular formula is C22H30O4. The van der Waals surface area contributed by atoms with E-state index in [9.17, 15) is 9.59 Å². The molecule has 1 fully saturated rings. The Kier molecular flexibility index (Phi) is 7.01. The summed E-state index contributed by atoms with van der Waals surface area (Å²) in [6.07, 6.45) is 7.94. The number of allylic oxidation sites excluding steroid dienone is 2. The Balaban J connectivity index is 2.26. The van der Waals surface area contributed by atoms with Crippen molar-refractivity contribution in [3.05, 3.63) is 47.6 Å². The first-order valence-electron chi connectivity index (χ1n) is 9.32. The van der Waals surface area contributed by atoms with Crippen LogP contribution in [0.25, 0.3) is 0 Å². The first-order chi connectivity index (χ1) is 12.3. The number of fused-ring (bicyclic) bond motifs is 1. The minimum atomic E-state index is -0.422. The second-order valence-corrected chi connectivity index (χ2v) is 7.44. The maximum absolute atomic E-state index is 12.5. The van der Waals surface area contributed by atoms with Gasteiger partial charge in [-0.1, -0.05) is 36.5 Å². The highest BCUT2D eigenvalue weighted by Gasteiger charge is 2.36. The van der Waals surface area contributed by atoms with Crippen LogP contribution in [0.4, 0.5) is 0 Å². The quantitative estimate of drug-likeness (QED) is 0.416. The van der Waals surface area contributed by atoms with Crippen molar-refractivity contribution in [1.82, 2.24) is 0 Å². The van der Waals surface area contributed by atoms with Gasteiger partial charge in [-0.2, -0.15) is 0 Å². The number of cyclic esters (lactones) is 1. The van der Waals surface area contributed by atoms with Gasteiger partial charge in [0.05, 0.1) is 6.61 Å². The van der Waals surface area contributed by atoms with Gasteiger partial charge >= 0.3 is 11.9 Å². The lowest BCUT2D eigenvalue weighted by Gasteiger charge is -2.34. The van der Waals surface area contributed by atoms with Crippen molar-refractivity contribution in [3.63, 3.8) is 0 Å². The Morgan fingerprint density at radius 1 is 1.38 bits per heavy atom.